The minimum atomic E-state index is -0.248. The van der Waals surface area contributed by atoms with Gasteiger partial charge in [0, 0.05) is 12.3 Å². The molecular formula is C17H15FN2O2. The molecule has 1 aromatic heterocycles. The van der Waals surface area contributed by atoms with Crippen LogP contribution >= 0.6 is 0 Å². The summed E-state index contributed by atoms with van der Waals surface area (Å²) in [7, 11) is 0. The maximum Gasteiger partial charge on any atom is 0.244 e. The summed E-state index contributed by atoms with van der Waals surface area (Å²) in [6.07, 6.45) is 7.40. The number of halogens is 1. The maximum absolute atomic E-state index is 13.2. The molecule has 1 aromatic carbocycles. The topological polar surface area (TPSA) is 62.2 Å². The molecule has 1 aliphatic rings. The Morgan fingerprint density at radius 3 is 3.05 bits per heavy atom. The van der Waals surface area contributed by atoms with Gasteiger partial charge in [0.1, 0.15) is 11.6 Å². The van der Waals surface area contributed by atoms with E-state index >= 15 is 0 Å². The van der Waals surface area contributed by atoms with Crippen LogP contribution < -0.4 is 5.32 Å². The lowest BCUT2D eigenvalue weighted by Gasteiger charge is -2.12. The molecule has 0 spiro atoms. The highest BCUT2D eigenvalue weighted by atomic mass is 19.1. The number of benzene rings is 1. The van der Waals surface area contributed by atoms with Gasteiger partial charge in [0.15, 0.2) is 0 Å². The number of rotatable bonds is 3. The van der Waals surface area contributed by atoms with Gasteiger partial charge in [0.05, 0.1) is 12.2 Å². The summed E-state index contributed by atoms with van der Waals surface area (Å²) < 4.78 is 13.2. The fraction of sp³-hybridized carbons (Fsp3) is 0.176. The highest BCUT2D eigenvalue weighted by molar-refractivity contribution is 5.92. The van der Waals surface area contributed by atoms with Gasteiger partial charge in [0.2, 0.25) is 5.91 Å². The Balaban J connectivity index is 1.66. The molecule has 0 aliphatic heterocycles. The Morgan fingerprint density at radius 1 is 1.36 bits per heavy atom. The molecule has 5 heteroatoms. The highest BCUT2D eigenvalue weighted by Gasteiger charge is 2.23. The molecule has 2 N–H and O–H groups in total. The Kier molecular flexibility index (Phi) is 3.87. The summed E-state index contributed by atoms with van der Waals surface area (Å²) >= 11 is 0. The average Bonchev–Trinajstić information content (AvgIpc) is 2.87. The molecule has 4 nitrogen and oxygen atoms in total. The number of hydrogen-bond acceptors (Lipinski definition) is 3. The van der Waals surface area contributed by atoms with Crippen LogP contribution in [0.3, 0.4) is 0 Å². The van der Waals surface area contributed by atoms with Crippen molar-refractivity contribution in [1.29, 1.82) is 0 Å². The summed E-state index contributed by atoms with van der Waals surface area (Å²) in [5.74, 6) is -0.429. The first-order valence-corrected chi connectivity index (χ1v) is 7.03. The molecule has 22 heavy (non-hydrogen) atoms. The molecule has 1 unspecified atom stereocenters. The normalized spacial score (nSPS) is 16.7. The number of hydrogen-bond donors (Lipinski definition) is 2. The predicted octanol–water partition coefficient (Wildman–Crippen LogP) is 2.74. The molecule has 1 amide bonds. The van der Waals surface area contributed by atoms with Crippen molar-refractivity contribution in [3.63, 3.8) is 0 Å². The predicted molar refractivity (Wildman–Crippen MR) is 80.5 cm³/mol. The van der Waals surface area contributed by atoms with Crippen LogP contribution in [-0.2, 0) is 11.2 Å². The summed E-state index contributed by atoms with van der Waals surface area (Å²) in [5.41, 5.74) is 2.57. The van der Waals surface area contributed by atoms with Gasteiger partial charge in [-0.1, -0.05) is 6.07 Å². The van der Waals surface area contributed by atoms with E-state index in [9.17, 15) is 14.3 Å². The summed E-state index contributed by atoms with van der Waals surface area (Å²) in [6, 6.07) is 6.10. The number of carbonyl (C=O) groups excluding carboxylic acids is 1. The van der Waals surface area contributed by atoms with E-state index < -0.39 is 0 Å². The molecule has 0 fully saturated rings. The Morgan fingerprint density at radius 2 is 2.23 bits per heavy atom. The number of carbonyl (C=O) groups is 1. The second-order valence-electron chi connectivity index (χ2n) is 5.25. The van der Waals surface area contributed by atoms with Crippen LogP contribution in [0.2, 0.25) is 0 Å². The number of aromatic hydroxyl groups is 1. The molecule has 112 valence electrons. The van der Waals surface area contributed by atoms with Gasteiger partial charge in [0.25, 0.3) is 0 Å². The highest BCUT2D eigenvalue weighted by Crippen LogP contribution is 2.31. The van der Waals surface area contributed by atoms with Crippen LogP contribution in [0.5, 0.6) is 5.75 Å². The van der Waals surface area contributed by atoms with Gasteiger partial charge < -0.3 is 10.4 Å². The van der Waals surface area contributed by atoms with Crippen molar-refractivity contribution in [1.82, 2.24) is 10.3 Å². The lowest BCUT2D eigenvalue weighted by atomic mass is 10.1. The van der Waals surface area contributed by atoms with Crippen LogP contribution in [0, 0.1) is 5.82 Å². The van der Waals surface area contributed by atoms with Gasteiger partial charge in [-0.2, -0.15) is 0 Å². The largest absolute Gasteiger partial charge is 0.506 e. The number of nitrogens with one attached hydrogen (secondary N) is 1. The number of aryl methyl sites for hydroxylation is 1. The van der Waals surface area contributed by atoms with Crippen LogP contribution in [0.25, 0.3) is 6.08 Å². The molecule has 1 atom stereocenters. The van der Waals surface area contributed by atoms with E-state index in [1.807, 2.05) is 0 Å². The smallest absolute Gasteiger partial charge is 0.244 e. The van der Waals surface area contributed by atoms with Gasteiger partial charge in [-0.3, -0.25) is 9.78 Å². The lowest BCUT2D eigenvalue weighted by molar-refractivity contribution is -0.117. The van der Waals surface area contributed by atoms with E-state index in [0.717, 1.165) is 24.0 Å². The van der Waals surface area contributed by atoms with Crippen LogP contribution in [0.1, 0.15) is 29.2 Å². The molecule has 0 saturated heterocycles. The third-order valence-corrected chi connectivity index (χ3v) is 3.67. The molecule has 0 radical (unpaired) electrons. The molecule has 1 heterocycles. The van der Waals surface area contributed by atoms with Gasteiger partial charge in [-0.05, 0) is 53.8 Å². The Labute approximate surface area is 127 Å². The van der Waals surface area contributed by atoms with E-state index in [2.05, 4.69) is 10.3 Å². The van der Waals surface area contributed by atoms with E-state index in [4.69, 9.17) is 0 Å². The summed E-state index contributed by atoms with van der Waals surface area (Å²) in [5, 5.41) is 12.2. The molecular weight excluding hydrogens is 283 g/mol. The number of aromatic nitrogens is 1. The fourth-order valence-corrected chi connectivity index (χ4v) is 2.66. The Bertz CT molecular complexity index is 743. The zero-order chi connectivity index (χ0) is 15.5. The fourth-order valence-electron chi connectivity index (χ4n) is 2.66. The lowest BCUT2D eigenvalue weighted by Crippen LogP contribution is -2.25. The van der Waals surface area contributed by atoms with Crippen LogP contribution in [0.15, 0.2) is 42.7 Å². The number of nitrogens with zero attached hydrogens (tertiary/aromatic N) is 1. The number of amides is 1. The quantitative estimate of drug-likeness (QED) is 0.857. The first-order chi connectivity index (χ1) is 10.6. The standard InChI is InChI=1S/C17H15FN2O2/c18-13-3-4-15-12(8-13)2-5-16(15)20-17(22)6-1-11-7-14(21)10-19-9-11/h1,3-4,6-10,16,21H,2,5H2,(H,20,22). The third-order valence-electron chi connectivity index (χ3n) is 3.67. The third kappa shape index (κ3) is 3.14. The van der Waals surface area contributed by atoms with E-state index in [1.54, 1.807) is 18.3 Å². The van der Waals surface area contributed by atoms with E-state index in [-0.39, 0.29) is 23.5 Å². The minimum absolute atomic E-state index is 0.0503. The van der Waals surface area contributed by atoms with Gasteiger partial charge >= 0.3 is 0 Å². The molecule has 0 saturated carbocycles. The van der Waals surface area contributed by atoms with E-state index in [1.165, 1.54) is 30.5 Å². The first kappa shape index (κ1) is 14.3. The van der Waals surface area contributed by atoms with Crippen LogP contribution in [-0.4, -0.2) is 16.0 Å². The van der Waals surface area contributed by atoms with Gasteiger partial charge in [-0.25, -0.2) is 4.39 Å². The zero-order valence-electron chi connectivity index (χ0n) is 11.8. The molecule has 2 aromatic rings. The Hall–Kier alpha value is -2.69. The SMILES string of the molecule is O=C(C=Cc1cncc(O)c1)NC1CCc2cc(F)ccc21. The van der Waals surface area contributed by atoms with Crippen molar-refractivity contribution >= 4 is 12.0 Å². The molecule has 3 rings (SSSR count). The van der Waals surface area contributed by atoms with Crippen molar-refractivity contribution in [3.8, 4) is 5.75 Å². The number of fused-ring (bicyclic) bond motifs is 1. The monoisotopic (exact) mass is 298 g/mol. The van der Waals surface area contributed by atoms with Crippen molar-refractivity contribution < 1.29 is 14.3 Å². The summed E-state index contributed by atoms with van der Waals surface area (Å²) in [6.45, 7) is 0. The number of pyridine rings is 1. The van der Waals surface area contributed by atoms with Crippen molar-refractivity contribution in [2.24, 2.45) is 0 Å². The van der Waals surface area contributed by atoms with E-state index in [0.29, 0.717) is 5.56 Å². The second-order valence-corrected chi connectivity index (χ2v) is 5.25. The van der Waals surface area contributed by atoms with Crippen molar-refractivity contribution in [2.75, 3.05) is 0 Å². The first-order valence-electron chi connectivity index (χ1n) is 7.03. The minimum Gasteiger partial charge on any atom is -0.506 e. The average molecular weight is 298 g/mol. The summed E-state index contributed by atoms with van der Waals surface area (Å²) in [4.78, 5) is 15.8. The van der Waals surface area contributed by atoms with Crippen molar-refractivity contribution in [2.45, 2.75) is 18.9 Å². The van der Waals surface area contributed by atoms with Crippen molar-refractivity contribution in [3.05, 3.63) is 65.2 Å². The molecule has 1 aliphatic carbocycles. The molecule has 0 bridgehead atoms. The maximum atomic E-state index is 13.2. The van der Waals surface area contributed by atoms with Gasteiger partial charge in [-0.15, -0.1) is 0 Å². The zero-order valence-corrected chi connectivity index (χ0v) is 11.8. The van der Waals surface area contributed by atoms with Crippen LogP contribution in [0.4, 0.5) is 4.39 Å². The second kappa shape index (κ2) is 5.97.